The summed E-state index contributed by atoms with van der Waals surface area (Å²) >= 11 is -0.821. The van der Waals surface area contributed by atoms with E-state index in [1.54, 1.807) is 0 Å². The van der Waals surface area contributed by atoms with Crippen LogP contribution in [0.25, 0.3) is 0 Å². The Hall–Kier alpha value is 0.413. The molecule has 0 aromatic rings. The average Bonchev–Trinajstić information content (AvgIpc) is 2.02. The fourth-order valence-electron chi connectivity index (χ4n) is 1.80. The summed E-state index contributed by atoms with van der Waals surface area (Å²) in [7, 11) is 0. The van der Waals surface area contributed by atoms with Gasteiger partial charge in [-0.1, -0.05) is 0 Å². The van der Waals surface area contributed by atoms with Gasteiger partial charge in [0, 0.05) is 0 Å². The second-order valence-corrected chi connectivity index (χ2v) is 12.3. The Bertz CT molecular complexity index is 135. The number of unbranched alkanes of at least 4 members (excludes halogenated alkanes) is 3. The van der Waals surface area contributed by atoms with Crippen LogP contribution in [0.1, 0.15) is 60.3 Å². The fourth-order valence-corrected chi connectivity index (χ4v) is 7.70. The molecule has 0 aromatic carbocycles. The van der Waals surface area contributed by atoms with Crippen molar-refractivity contribution in [3.05, 3.63) is 0 Å². The molecule has 0 fully saturated rings. The molecule has 0 aromatic heterocycles. The molecule has 0 radical (unpaired) electrons. The van der Waals surface area contributed by atoms with Gasteiger partial charge in [-0.2, -0.15) is 0 Å². The maximum atomic E-state index is 2.71. The first-order valence-corrected chi connectivity index (χ1v) is 9.42. The zero-order chi connectivity index (χ0) is 10.3. The van der Waals surface area contributed by atoms with Crippen LogP contribution in [0.3, 0.4) is 0 Å². The third kappa shape index (κ3) is 6.48. The quantitative estimate of drug-likeness (QED) is 0.482. The SMILES string of the molecule is CCCCC[CH]=[Ge]([CH](C)C)[CH](C)C. The summed E-state index contributed by atoms with van der Waals surface area (Å²) in [6.07, 6.45) is 5.58. The zero-order valence-electron chi connectivity index (χ0n) is 10.1. The first-order chi connectivity index (χ1) is 6.09. The Balaban J connectivity index is 3.90. The Labute approximate surface area is 88.8 Å². The standard InChI is InChI=1S/C12H26Ge/c1-6-7-8-9-10-13(11(2)3)12(4)5/h10-12H,6-9H2,1-5H3. The van der Waals surface area contributed by atoms with Gasteiger partial charge in [0.15, 0.2) is 0 Å². The summed E-state index contributed by atoms with van der Waals surface area (Å²) in [6, 6.07) is 0. The van der Waals surface area contributed by atoms with Crippen LogP contribution >= 0.6 is 0 Å². The molecule has 0 heterocycles. The Morgan fingerprint density at radius 2 is 1.54 bits per heavy atom. The van der Waals surface area contributed by atoms with Crippen LogP contribution in [0.4, 0.5) is 0 Å². The van der Waals surface area contributed by atoms with Crippen molar-refractivity contribution < 1.29 is 0 Å². The molecule has 0 saturated carbocycles. The van der Waals surface area contributed by atoms with Crippen molar-refractivity contribution in [2.24, 2.45) is 0 Å². The molecule has 0 spiro atoms. The molecule has 0 saturated heterocycles. The molecule has 13 heavy (non-hydrogen) atoms. The van der Waals surface area contributed by atoms with E-state index >= 15 is 0 Å². The van der Waals surface area contributed by atoms with Crippen LogP contribution in [-0.4, -0.2) is 18.8 Å². The molecular weight excluding hydrogens is 217 g/mol. The Kier molecular flexibility index (Phi) is 8.03. The van der Waals surface area contributed by atoms with Crippen molar-refractivity contribution in [3.63, 3.8) is 0 Å². The number of hydrogen-bond donors (Lipinski definition) is 0. The molecule has 0 nitrogen and oxygen atoms in total. The van der Waals surface area contributed by atoms with Gasteiger partial charge in [-0.05, 0) is 0 Å². The van der Waals surface area contributed by atoms with Crippen molar-refractivity contribution in [2.75, 3.05) is 0 Å². The molecule has 0 aliphatic rings. The Morgan fingerprint density at radius 1 is 1.00 bits per heavy atom. The molecule has 78 valence electrons. The first-order valence-electron chi connectivity index (χ1n) is 5.79. The third-order valence-corrected chi connectivity index (χ3v) is 9.71. The number of rotatable bonds is 6. The molecular formula is C12H26Ge. The molecule has 0 aliphatic heterocycles. The molecule has 0 bridgehead atoms. The monoisotopic (exact) mass is 244 g/mol. The second-order valence-electron chi connectivity index (χ2n) is 4.51. The Morgan fingerprint density at radius 3 is 1.92 bits per heavy atom. The molecule has 0 unspecified atom stereocenters. The fraction of sp³-hybridized carbons (Fsp3) is 0.917. The van der Waals surface area contributed by atoms with Crippen LogP contribution in [-0.2, 0) is 0 Å². The summed E-state index contributed by atoms with van der Waals surface area (Å²) in [5.41, 5.74) is 0. The van der Waals surface area contributed by atoms with Crippen molar-refractivity contribution in [3.8, 4) is 0 Å². The van der Waals surface area contributed by atoms with E-state index in [1.165, 1.54) is 25.7 Å². The van der Waals surface area contributed by atoms with Crippen molar-refractivity contribution in [2.45, 2.75) is 69.8 Å². The van der Waals surface area contributed by atoms with Gasteiger partial charge in [-0.15, -0.1) is 0 Å². The zero-order valence-corrected chi connectivity index (χ0v) is 12.2. The van der Waals surface area contributed by atoms with Crippen LogP contribution in [0, 0.1) is 0 Å². The van der Waals surface area contributed by atoms with Gasteiger partial charge in [0.1, 0.15) is 0 Å². The van der Waals surface area contributed by atoms with Crippen molar-refractivity contribution in [1.82, 2.24) is 0 Å². The normalized spacial score (nSPS) is 11.0. The van der Waals surface area contributed by atoms with E-state index in [-0.39, 0.29) is 0 Å². The van der Waals surface area contributed by atoms with E-state index in [4.69, 9.17) is 0 Å². The number of hydrogen-bond acceptors (Lipinski definition) is 0. The van der Waals surface area contributed by atoms with Gasteiger partial charge in [-0.3, -0.25) is 0 Å². The minimum absolute atomic E-state index is 0.821. The van der Waals surface area contributed by atoms with E-state index in [9.17, 15) is 0 Å². The molecule has 0 rings (SSSR count). The summed E-state index contributed by atoms with van der Waals surface area (Å²) in [5, 5.41) is 0. The third-order valence-electron chi connectivity index (χ3n) is 2.52. The second kappa shape index (κ2) is 7.78. The van der Waals surface area contributed by atoms with E-state index in [2.05, 4.69) is 39.5 Å². The summed E-state index contributed by atoms with van der Waals surface area (Å²) in [6.45, 7) is 11.9. The topological polar surface area (TPSA) is 0 Å². The maximum absolute atomic E-state index is 2.71. The van der Waals surface area contributed by atoms with Gasteiger partial charge in [0.05, 0.1) is 0 Å². The van der Waals surface area contributed by atoms with Gasteiger partial charge >= 0.3 is 88.6 Å². The van der Waals surface area contributed by atoms with Gasteiger partial charge < -0.3 is 0 Å². The van der Waals surface area contributed by atoms with Gasteiger partial charge in [0.2, 0.25) is 0 Å². The van der Waals surface area contributed by atoms with Gasteiger partial charge in [-0.25, -0.2) is 0 Å². The average molecular weight is 243 g/mol. The van der Waals surface area contributed by atoms with Crippen LogP contribution in [0.5, 0.6) is 0 Å². The first kappa shape index (κ1) is 13.4. The molecule has 0 N–H and O–H groups in total. The van der Waals surface area contributed by atoms with E-state index < -0.39 is 13.9 Å². The summed E-state index contributed by atoms with van der Waals surface area (Å²) in [5.74, 6) is 0. The minimum atomic E-state index is -0.821. The van der Waals surface area contributed by atoms with Crippen LogP contribution < -0.4 is 0 Å². The predicted octanol–water partition coefficient (Wildman–Crippen LogP) is 4.27. The molecule has 0 amide bonds. The summed E-state index contributed by atoms with van der Waals surface area (Å²) < 4.78 is 1.95. The van der Waals surface area contributed by atoms with Crippen LogP contribution in [0.2, 0.25) is 9.50 Å². The van der Waals surface area contributed by atoms with Crippen molar-refractivity contribution >= 4 is 18.8 Å². The molecule has 1 heteroatoms. The molecule has 0 aliphatic carbocycles. The van der Waals surface area contributed by atoms with Crippen LogP contribution in [0.15, 0.2) is 0 Å². The van der Waals surface area contributed by atoms with E-state index in [1.807, 2.05) is 0 Å². The summed E-state index contributed by atoms with van der Waals surface area (Å²) in [4.78, 5) is 2.71. The van der Waals surface area contributed by atoms with E-state index in [0.717, 1.165) is 9.50 Å². The van der Waals surface area contributed by atoms with E-state index in [0.29, 0.717) is 0 Å². The van der Waals surface area contributed by atoms with Gasteiger partial charge in [0.25, 0.3) is 0 Å². The predicted molar refractivity (Wildman–Crippen MR) is 66.2 cm³/mol. The molecule has 0 atom stereocenters. The van der Waals surface area contributed by atoms with Crippen molar-refractivity contribution in [1.29, 1.82) is 0 Å².